The van der Waals surface area contributed by atoms with Crippen molar-refractivity contribution in [2.75, 3.05) is 19.8 Å². The van der Waals surface area contributed by atoms with Gasteiger partial charge in [0.2, 0.25) is 0 Å². The minimum atomic E-state index is -0.297. The van der Waals surface area contributed by atoms with Gasteiger partial charge in [0.15, 0.2) is 0 Å². The summed E-state index contributed by atoms with van der Waals surface area (Å²) in [5, 5.41) is 0. The van der Waals surface area contributed by atoms with E-state index in [0.29, 0.717) is 19.8 Å². The van der Waals surface area contributed by atoms with Gasteiger partial charge in [0.1, 0.15) is 0 Å². The first-order chi connectivity index (χ1) is 10.8. The van der Waals surface area contributed by atoms with E-state index < -0.39 is 0 Å². The van der Waals surface area contributed by atoms with Crippen LogP contribution in [0.2, 0.25) is 0 Å². The smallest absolute Gasteiger partial charge is 0.0706 e. The maximum absolute atomic E-state index is 6.03. The molecule has 0 saturated heterocycles. The predicted octanol–water partition coefficient (Wildman–Crippen LogP) is 4.43. The Morgan fingerprint density at radius 2 is 1.32 bits per heavy atom. The molecule has 2 heteroatoms. The molecule has 118 valence electrons. The van der Waals surface area contributed by atoms with Gasteiger partial charge < -0.3 is 9.47 Å². The zero-order chi connectivity index (χ0) is 15.8. The van der Waals surface area contributed by atoms with Crippen LogP contribution in [-0.2, 0) is 14.9 Å². The van der Waals surface area contributed by atoms with E-state index in [1.165, 1.54) is 11.1 Å². The molecule has 0 saturated carbocycles. The molecule has 0 fully saturated rings. The lowest BCUT2D eigenvalue weighted by Gasteiger charge is -2.39. The Bertz CT molecular complexity index is 497. The predicted molar refractivity (Wildman–Crippen MR) is 91.2 cm³/mol. The van der Waals surface area contributed by atoms with Crippen LogP contribution in [0.15, 0.2) is 60.7 Å². The van der Waals surface area contributed by atoms with E-state index in [1.807, 2.05) is 26.0 Å². The van der Waals surface area contributed by atoms with Gasteiger partial charge in [-0.25, -0.2) is 0 Å². The SMILES string of the molecule is CCOCC(c1ccccc1)(c1ccccc1)C(C)OCC. The zero-order valence-electron chi connectivity index (χ0n) is 13.8. The monoisotopic (exact) mass is 298 g/mol. The van der Waals surface area contributed by atoms with Gasteiger partial charge in [0, 0.05) is 13.2 Å². The van der Waals surface area contributed by atoms with Gasteiger partial charge in [-0.15, -0.1) is 0 Å². The van der Waals surface area contributed by atoms with Gasteiger partial charge in [0.25, 0.3) is 0 Å². The summed E-state index contributed by atoms with van der Waals surface area (Å²) in [7, 11) is 0. The fraction of sp³-hybridized carbons (Fsp3) is 0.400. The van der Waals surface area contributed by atoms with E-state index in [1.54, 1.807) is 0 Å². The van der Waals surface area contributed by atoms with Crippen molar-refractivity contribution in [3.8, 4) is 0 Å². The van der Waals surface area contributed by atoms with Gasteiger partial charge in [-0.3, -0.25) is 0 Å². The van der Waals surface area contributed by atoms with Crippen LogP contribution in [0, 0.1) is 0 Å². The Morgan fingerprint density at radius 3 is 1.73 bits per heavy atom. The highest BCUT2D eigenvalue weighted by Gasteiger charge is 2.40. The van der Waals surface area contributed by atoms with Crippen molar-refractivity contribution < 1.29 is 9.47 Å². The van der Waals surface area contributed by atoms with Crippen molar-refractivity contribution in [1.29, 1.82) is 0 Å². The van der Waals surface area contributed by atoms with E-state index in [2.05, 4.69) is 55.5 Å². The lowest BCUT2D eigenvalue weighted by molar-refractivity contribution is -0.0105. The van der Waals surface area contributed by atoms with Crippen LogP contribution in [0.25, 0.3) is 0 Å². The third-order valence-electron chi connectivity index (χ3n) is 4.22. The van der Waals surface area contributed by atoms with Crippen LogP contribution in [-0.4, -0.2) is 25.9 Å². The maximum atomic E-state index is 6.03. The van der Waals surface area contributed by atoms with Crippen LogP contribution in [0.5, 0.6) is 0 Å². The first-order valence-electron chi connectivity index (χ1n) is 8.06. The molecule has 0 spiro atoms. The van der Waals surface area contributed by atoms with Crippen LogP contribution >= 0.6 is 0 Å². The van der Waals surface area contributed by atoms with Crippen molar-refractivity contribution in [2.24, 2.45) is 0 Å². The second-order valence-corrected chi connectivity index (χ2v) is 5.44. The molecule has 0 radical (unpaired) electrons. The summed E-state index contributed by atoms with van der Waals surface area (Å²) in [6, 6.07) is 21.1. The third kappa shape index (κ3) is 3.40. The Labute approximate surface area is 134 Å². The van der Waals surface area contributed by atoms with E-state index in [4.69, 9.17) is 9.47 Å². The topological polar surface area (TPSA) is 18.5 Å². The molecule has 22 heavy (non-hydrogen) atoms. The first-order valence-corrected chi connectivity index (χ1v) is 8.06. The molecule has 2 nitrogen and oxygen atoms in total. The third-order valence-corrected chi connectivity index (χ3v) is 4.22. The fourth-order valence-electron chi connectivity index (χ4n) is 3.05. The minimum Gasteiger partial charge on any atom is -0.380 e. The highest BCUT2D eigenvalue weighted by atomic mass is 16.5. The molecular formula is C20H26O2. The number of benzene rings is 2. The second kappa shape index (κ2) is 8.11. The molecule has 0 N–H and O–H groups in total. The van der Waals surface area contributed by atoms with Crippen molar-refractivity contribution in [1.82, 2.24) is 0 Å². The lowest BCUT2D eigenvalue weighted by atomic mass is 9.71. The number of rotatable bonds is 8. The fourth-order valence-corrected chi connectivity index (χ4v) is 3.05. The summed E-state index contributed by atoms with van der Waals surface area (Å²) in [5.41, 5.74) is 2.17. The van der Waals surface area contributed by atoms with E-state index in [-0.39, 0.29) is 11.5 Å². The maximum Gasteiger partial charge on any atom is 0.0706 e. The molecular weight excluding hydrogens is 272 g/mol. The van der Waals surface area contributed by atoms with Gasteiger partial charge in [-0.2, -0.15) is 0 Å². The van der Waals surface area contributed by atoms with Crippen LogP contribution < -0.4 is 0 Å². The number of hydrogen-bond donors (Lipinski definition) is 0. The summed E-state index contributed by atoms with van der Waals surface area (Å²) >= 11 is 0. The molecule has 0 heterocycles. The highest BCUT2D eigenvalue weighted by molar-refractivity contribution is 5.41. The summed E-state index contributed by atoms with van der Waals surface area (Å²) in [5.74, 6) is 0. The van der Waals surface area contributed by atoms with Crippen molar-refractivity contribution in [2.45, 2.75) is 32.3 Å². The van der Waals surface area contributed by atoms with E-state index in [9.17, 15) is 0 Å². The van der Waals surface area contributed by atoms with Crippen LogP contribution in [0.1, 0.15) is 31.9 Å². The highest BCUT2D eigenvalue weighted by Crippen LogP contribution is 2.37. The molecule has 0 aliphatic carbocycles. The average Bonchev–Trinajstić information content (AvgIpc) is 2.58. The first kappa shape index (κ1) is 16.7. The molecule has 0 aromatic heterocycles. The summed E-state index contributed by atoms with van der Waals surface area (Å²) in [6.45, 7) is 8.21. The average molecular weight is 298 g/mol. The number of hydrogen-bond acceptors (Lipinski definition) is 2. The quantitative estimate of drug-likeness (QED) is 0.717. The molecule has 0 amide bonds. The van der Waals surface area contributed by atoms with Crippen LogP contribution in [0.3, 0.4) is 0 Å². The lowest BCUT2D eigenvalue weighted by Crippen LogP contribution is -2.45. The Hall–Kier alpha value is -1.64. The Balaban J connectivity index is 2.57. The largest absolute Gasteiger partial charge is 0.380 e. The molecule has 1 atom stereocenters. The summed E-state index contributed by atoms with van der Waals surface area (Å²) in [4.78, 5) is 0. The van der Waals surface area contributed by atoms with Crippen molar-refractivity contribution >= 4 is 0 Å². The van der Waals surface area contributed by atoms with Gasteiger partial charge in [-0.05, 0) is 31.9 Å². The normalized spacial score (nSPS) is 13.0. The molecule has 2 rings (SSSR count). The molecule has 0 aliphatic heterocycles. The Kier molecular flexibility index (Phi) is 6.17. The molecule has 0 bridgehead atoms. The van der Waals surface area contributed by atoms with Crippen molar-refractivity contribution in [3.05, 3.63) is 71.8 Å². The second-order valence-electron chi connectivity index (χ2n) is 5.44. The molecule has 0 aliphatic rings. The van der Waals surface area contributed by atoms with Crippen molar-refractivity contribution in [3.63, 3.8) is 0 Å². The van der Waals surface area contributed by atoms with E-state index in [0.717, 1.165) is 0 Å². The summed E-state index contributed by atoms with van der Waals surface area (Å²) in [6.07, 6.45) is 0.0221. The van der Waals surface area contributed by atoms with E-state index >= 15 is 0 Å². The van der Waals surface area contributed by atoms with Crippen LogP contribution in [0.4, 0.5) is 0 Å². The molecule has 2 aromatic rings. The molecule has 1 unspecified atom stereocenters. The van der Waals surface area contributed by atoms with Gasteiger partial charge >= 0.3 is 0 Å². The molecule has 2 aromatic carbocycles. The minimum absolute atomic E-state index is 0.0221. The van der Waals surface area contributed by atoms with Gasteiger partial charge in [0.05, 0.1) is 18.1 Å². The standard InChI is InChI=1S/C20H26O2/c1-4-21-16-20(17(3)22-5-2,18-12-8-6-9-13-18)19-14-10-7-11-15-19/h6-15,17H,4-5,16H2,1-3H3. The van der Waals surface area contributed by atoms with Gasteiger partial charge in [-0.1, -0.05) is 60.7 Å². The number of ether oxygens (including phenoxy) is 2. The summed E-state index contributed by atoms with van der Waals surface area (Å²) < 4.78 is 11.9. The Morgan fingerprint density at radius 1 is 0.818 bits per heavy atom. The zero-order valence-corrected chi connectivity index (χ0v) is 13.8.